The zero-order chi connectivity index (χ0) is 41.2. The van der Waals surface area contributed by atoms with Gasteiger partial charge in [-0.3, -0.25) is 0 Å². The van der Waals surface area contributed by atoms with Gasteiger partial charge in [0.05, 0.1) is 11.4 Å². The zero-order valence-corrected chi connectivity index (χ0v) is 33.6. The van der Waals surface area contributed by atoms with Crippen molar-refractivity contribution in [2.45, 2.75) is 0 Å². The van der Waals surface area contributed by atoms with Crippen molar-refractivity contribution in [1.82, 2.24) is 24.9 Å². The molecule has 11 aromatic rings. The van der Waals surface area contributed by atoms with Gasteiger partial charge in [-0.1, -0.05) is 206 Å². The number of benzene rings is 9. The van der Waals surface area contributed by atoms with E-state index >= 15 is 0 Å². The molecule has 0 fully saturated rings. The first-order valence-corrected chi connectivity index (χ1v) is 20.8. The highest BCUT2D eigenvalue weighted by atomic mass is 15.0. The van der Waals surface area contributed by atoms with E-state index in [-0.39, 0.29) is 0 Å². The van der Waals surface area contributed by atoms with Crippen LogP contribution < -0.4 is 0 Å². The van der Waals surface area contributed by atoms with Crippen molar-refractivity contribution < 1.29 is 0 Å². The van der Waals surface area contributed by atoms with Gasteiger partial charge in [-0.15, -0.1) is 0 Å². The summed E-state index contributed by atoms with van der Waals surface area (Å²) in [7, 11) is 0. The second kappa shape index (κ2) is 16.0. The van der Waals surface area contributed by atoms with Crippen LogP contribution in [0.4, 0.5) is 0 Å². The maximum atomic E-state index is 5.22. The molecule has 0 spiro atoms. The Labute approximate surface area is 359 Å². The van der Waals surface area contributed by atoms with Gasteiger partial charge in [0, 0.05) is 33.4 Å². The lowest BCUT2D eigenvalue weighted by Crippen LogP contribution is -2.00. The Balaban J connectivity index is 1.18. The number of nitrogens with zero attached hydrogens (tertiary/aromatic N) is 5. The van der Waals surface area contributed by atoms with E-state index in [4.69, 9.17) is 24.9 Å². The molecule has 5 heteroatoms. The highest BCUT2D eigenvalue weighted by Crippen LogP contribution is 2.46. The number of hydrogen-bond acceptors (Lipinski definition) is 5. The summed E-state index contributed by atoms with van der Waals surface area (Å²) in [6, 6.07) is 77.7. The number of hydrogen-bond donors (Lipinski definition) is 0. The molecule has 11 rings (SSSR count). The molecule has 2 aromatic heterocycles. The lowest BCUT2D eigenvalue weighted by molar-refractivity contribution is 1.07. The van der Waals surface area contributed by atoms with Crippen molar-refractivity contribution in [3.63, 3.8) is 0 Å². The van der Waals surface area contributed by atoms with Gasteiger partial charge >= 0.3 is 0 Å². The SMILES string of the molecule is c1ccc(-c2cc(-c3ccc4c(-c5ccccc5)c5cc(-c6nc(-c7ccccc7)nc(-c7ccccc7)n6)ccc5c(-c5ccccc5)c4c3)nc(-c3ccccc3)n2)cc1. The topological polar surface area (TPSA) is 64.5 Å². The van der Waals surface area contributed by atoms with E-state index in [9.17, 15) is 0 Å². The normalized spacial score (nSPS) is 11.2. The van der Waals surface area contributed by atoms with Crippen molar-refractivity contribution in [2.24, 2.45) is 0 Å². The van der Waals surface area contributed by atoms with Crippen LogP contribution in [0.25, 0.3) is 112 Å². The van der Waals surface area contributed by atoms with E-state index in [0.29, 0.717) is 23.3 Å². The smallest absolute Gasteiger partial charge is 0.164 e. The quantitative estimate of drug-likeness (QED) is 0.143. The second-order valence-electron chi connectivity index (χ2n) is 15.2. The van der Waals surface area contributed by atoms with Crippen LogP contribution in [0.5, 0.6) is 0 Å². The average Bonchev–Trinajstić information content (AvgIpc) is 3.36. The molecule has 0 saturated heterocycles. The van der Waals surface area contributed by atoms with Crippen molar-refractivity contribution in [1.29, 1.82) is 0 Å². The molecule has 0 unspecified atom stereocenters. The Kier molecular flexibility index (Phi) is 9.45. The van der Waals surface area contributed by atoms with Crippen LogP contribution in [0.1, 0.15) is 0 Å². The zero-order valence-electron chi connectivity index (χ0n) is 33.6. The van der Waals surface area contributed by atoms with Gasteiger partial charge in [0.2, 0.25) is 0 Å². The number of rotatable bonds is 8. The first-order valence-electron chi connectivity index (χ1n) is 20.8. The van der Waals surface area contributed by atoms with E-state index in [1.54, 1.807) is 0 Å². The molecule has 290 valence electrons. The van der Waals surface area contributed by atoms with Gasteiger partial charge in [-0.25, -0.2) is 24.9 Å². The van der Waals surface area contributed by atoms with Crippen LogP contribution in [-0.4, -0.2) is 24.9 Å². The van der Waals surface area contributed by atoms with Crippen molar-refractivity contribution in [3.8, 4) is 90.3 Å². The summed E-state index contributed by atoms with van der Waals surface area (Å²) in [5, 5.41) is 4.50. The Morgan fingerprint density at radius 1 is 0.194 bits per heavy atom. The Bertz CT molecular complexity index is 3020. The minimum Gasteiger partial charge on any atom is -0.228 e. The van der Waals surface area contributed by atoms with Crippen molar-refractivity contribution in [2.75, 3.05) is 0 Å². The molecular formula is C57H37N5. The fourth-order valence-corrected chi connectivity index (χ4v) is 8.36. The summed E-state index contributed by atoms with van der Waals surface area (Å²) in [5.74, 6) is 2.56. The maximum Gasteiger partial charge on any atom is 0.164 e. The minimum atomic E-state index is 0.613. The van der Waals surface area contributed by atoms with E-state index < -0.39 is 0 Å². The van der Waals surface area contributed by atoms with Crippen LogP contribution in [0.3, 0.4) is 0 Å². The Morgan fingerprint density at radius 3 is 0.919 bits per heavy atom. The van der Waals surface area contributed by atoms with Crippen LogP contribution in [0.15, 0.2) is 224 Å². The molecule has 0 aliphatic rings. The van der Waals surface area contributed by atoms with Gasteiger partial charge in [-0.05, 0) is 62.0 Å². The molecule has 0 aliphatic carbocycles. The second-order valence-corrected chi connectivity index (χ2v) is 15.2. The fraction of sp³-hybridized carbons (Fsp3) is 0. The molecule has 62 heavy (non-hydrogen) atoms. The van der Waals surface area contributed by atoms with Crippen LogP contribution in [0.2, 0.25) is 0 Å². The molecular weight excluding hydrogens is 755 g/mol. The van der Waals surface area contributed by atoms with Gasteiger partial charge < -0.3 is 0 Å². The predicted molar refractivity (Wildman–Crippen MR) is 254 cm³/mol. The molecule has 9 aromatic carbocycles. The third-order valence-electron chi connectivity index (χ3n) is 11.3. The lowest BCUT2D eigenvalue weighted by atomic mass is 9.84. The molecule has 2 heterocycles. The molecule has 5 nitrogen and oxygen atoms in total. The predicted octanol–water partition coefficient (Wildman–Crippen LogP) is 14.3. The van der Waals surface area contributed by atoms with E-state index in [2.05, 4.69) is 127 Å². The van der Waals surface area contributed by atoms with Crippen molar-refractivity contribution >= 4 is 21.5 Å². The highest BCUT2D eigenvalue weighted by molar-refractivity contribution is 6.22. The van der Waals surface area contributed by atoms with Crippen LogP contribution in [-0.2, 0) is 0 Å². The average molecular weight is 792 g/mol. The first kappa shape index (κ1) is 36.7. The highest BCUT2D eigenvalue weighted by Gasteiger charge is 2.21. The molecule has 0 atom stereocenters. The molecule has 0 saturated carbocycles. The molecule has 0 aliphatic heterocycles. The van der Waals surface area contributed by atoms with E-state index in [1.807, 2.05) is 97.1 Å². The molecule has 0 bridgehead atoms. The van der Waals surface area contributed by atoms with Crippen LogP contribution >= 0.6 is 0 Å². The monoisotopic (exact) mass is 791 g/mol. The molecule has 0 N–H and O–H groups in total. The summed E-state index contributed by atoms with van der Waals surface area (Å²) in [6.07, 6.45) is 0. The van der Waals surface area contributed by atoms with Gasteiger partial charge in [0.25, 0.3) is 0 Å². The van der Waals surface area contributed by atoms with E-state index in [0.717, 1.165) is 88.6 Å². The third-order valence-corrected chi connectivity index (χ3v) is 11.3. The maximum absolute atomic E-state index is 5.22. The standard InChI is InChI=1S/C57H37N5/c1-7-19-38(20-8-1)50-37-51(59-54(58-50)41-25-13-4-14-26-41)44-31-33-46-48(35-44)52(39-21-9-2-10-22-39)47-34-32-45(36-49(47)53(46)40-23-11-3-12-24-40)57-61-55(42-27-15-5-16-28-42)60-56(62-57)43-29-17-6-18-30-43/h1-37H. The summed E-state index contributed by atoms with van der Waals surface area (Å²) in [5.41, 5.74) is 12.1. The summed E-state index contributed by atoms with van der Waals surface area (Å²) >= 11 is 0. The van der Waals surface area contributed by atoms with Crippen molar-refractivity contribution in [3.05, 3.63) is 224 Å². The molecule has 0 radical (unpaired) electrons. The Hall–Kier alpha value is -8.41. The van der Waals surface area contributed by atoms with Gasteiger partial charge in [0.15, 0.2) is 23.3 Å². The summed E-state index contributed by atoms with van der Waals surface area (Å²) in [4.78, 5) is 25.5. The number of fused-ring (bicyclic) bond motifs is 2. The third kappa shape index (κ3) is 6.97. The Morgan fingerprint density at radius 2 is 0.500 bits per heavy atom. The first-order chi connectivity index (χ1) is 30.7. The summed E-state index contributed by atoms with van der Waals surface area (Å²) < 4.78 is 0. The van der Waals surface area contributed by atoms with E-state index in [1.165, 1.54) is 0 Å². The van der Waals surface area contributed by atoms with Gasteiger partial charge in [0.1, 0.15) is 0 Å². The molecule has 0 amide bonds. The minimum absolute atomic E-state index is 0.613. The lowest BCUT2D eigenvalue weighted by Gasteiger charge is -2.19. The number of aromatic nitrogens is 5. The fourth-order valence-electron chi connectivity index (χ4n) is 8.36. The largest absolute Gasteiger partial charge is 0.228 e. The van der Waals surface area contributed by atoms with Crippen LogP contribution in [0, 0.1) is 0 Å². The summed E-state index contributed by atoms with van der Waals surface area (Å²) in [6.45, 7) is 0. The van der Waals surface area contributed by atoms with Gasteiger partial charge in [-0.2, -0.15) is 0 Å².